The van der Waals surface area contributed by atoms with Gasteiger partial charge in [-0.25, -0.2) is 0 Å². The molecule has 1 aromatic rings. The lowest BCUT2D eigenvalue weighted by Gasteiger charge is -2.13. The highest BCUT2D eigenvalue weighted by atomic mass is 16.6. The molecule has 0 amide bonds. The number of nitrogens with zero attached hydrogens (tertiary/aromatic N) is 2. The number of nitriles is 1. The van der Waals surface area contributed by atoms with Crippen molar-refractivity contribution in [2.75, 3.05) is 13.7 Å². The van der Waals surface area contributed by atoms with Gasteiger partial charge in [0, 0.05) is 13.2 Å². The largest absolute Gasteiger partial charge is 0.481 e. The number of benzene rings is 1. The van der Waals surface area contributed by atoms with E-state index in [1.54, 1.807) is 6.92 Å². The van der Waals surface area contributed by atoms with Gasteiger partial charge >= 0.3 is 5.69 Å². The molecule has 0 N–H and O–H groups in total. The predicted molar refractivity (Wildman–Crippen MR) is 59.8 cm³/mol. The summed E-state index contributed by atoms with van der Waals surface area (Å²) in [6.07, 6.45) is -0.299. The molecule has 1 atom stereocenters. The Labute approximate surface area is 98.5 Å². The monoisotopic (exact) mass is 236 g/mol. The maximum Gasteiger partial charge on any atom is 0.312 e. The number of hydrogen-bond donors (Lipinski definition) is 0. The van der Waals surface area contributed by atoms with Crippen LogP contribution < -0.4 is 4.74 Å². The first-order valence-corrected chi connectivity index (χ1v) is 4.92. The van der Waals surface area contributed by atoms with Crippen molar-refractivity contribution in [3.8, 4) is 11.8 Å². The lowest BCUT2D eigenvalue weighted by atomic mass is 10.2. The SMILES string of the molecule is COCC(C)Oc1ccc(C#N)cc1[N+](=O)[O-]. The zero-order valence-corrected chi connectivity index (χ0v) is 9.54. The summed E-state index contributed by atoms with van der Waals surface area (Å²) in [5, 5.41) is 19.5. The van der Waals surface area contributed by atoms with Gasteiger partial charge in [-0.1, -0.05) is 0 Å². The first kappa shape index (κ1) is 12.9. The molecular weight excluding hydrogens is 224 g/mol. The lowest BCUT2D eigenvalue weighted by Crippen LogP contribution is -2.18. The molecule has 0 saturated heterocycles. The van der Waals surface area contributed by atoms with E-state index in [0.717, 1.165) is 0 Å². The molecule has 0 aliphatic heterocycles. The number of methoxy groups -OCH3 is 1. The first-order chi connectivity index (χ1) is 8.08. The van der Waals surface area contributed by atoms with Crippen molar-refractivity contribution >= 4 is 5.69 Å². The van der Waals surface area contributed by atoms with E-state index in [2.05, 4.69) is 0 Å². The maximum absolute atomic E-state index is 10.8. The molecule has 0 radical (unpaired) electrons. The summed E-state index contributed by atoms with van der Waals surface area (Å²) in [5.41, 5.74) is 0.00967. The zero-order valence-electron chi connectivity index (χ0n) is 9.54. The second kappa shape index (κ2) is 5.82. The van der Waals surface area contributed by atoms with Crippen LogP contribution in [-0.2, 0) is 4.74 Å². The molecule has 6 heteroatoms. The minimum absolute atomic E-state index is 0.138. The fourth-order valence-corrected chi connectivity index (χ4v) is 1.31. The number of ether oxygens (including phenoxy) is 2. The van der Waals surface area contributed by atoms with E-state index < -0.39 is 4.92 Å². The van der Waals surface area contributed by atoms with Crippen LogP contribution in [0.4, 0.5) is 5.69 Å². The van der Waals surface area contributed by atoms with Crippen molar-refractivity contribution in [1.82, 2.24) is 0 Å². The third-order valence-corrected chi connectivity index (χ3v) is 2.01. The Kier molecular flexibility index (Phi) is 4.43. The molecule has 90 valence electrons. The van der Waals surface area contributed by atoms with Gasteiger partial charge in [-0.15, -0.1) is 0 Å². The number of nitro benzene ring substituents is 1. The Morgan fingerprint density at radius 1 is 1.59 bits per heavy atom. The van der Waals surface area contributed by atoms with E-state index in [1.165, 1.54) is 25.3 Å². The van der Waals surface area contributed by atoms with Crippen molar-refractivity contribution in [3.05, 3.63) is 33.9 Å². The van der Waals surface area contributed by atoms with Crippen LogP contribution in [0.1, 0.15) is 12.5 Å². The highest BCUT2D eigenvalue weighted by Gasteiger charge is 2.18. The standard InChI is InChI=1S/C11H12N2O4/c1-8(7-16-2)17-11-4-3-9(6-12)5-10(11)13(14)15/h3-5,8H,7H2,1-2H3. The van der Waals surface area contributed by atoms with Gasteiger partial charge in [0.05, 0.1) is 23.2 Å². The van der Waals surface area contributed by atoms with Gasteiger partial charge in [0.1, 0.15) is 6.10 Å². The molecular formula is C11H12N2O4. The highest BCUT2D eigenvalue weighted by Crippen LogP contribution is 2.28. The zero-order chi connectivity index (χ0) is 12.8. The normalized spacial score (nSPS) is 11.6. The Balaban J connectivity index is 2.99. The van der Waals surface area contributed by atoms with Crippen LogP contribution in [0.25, 0.3) is 0 Å². The van der Waals surface area contributed by atoms with E-state index in [1.807, 2.05) is 6.07 Å². The van der Waals surface area contributed by atoms with E-state index in [9.17, 15) is 10.1 Å². The molecule has 17 heavy (non-hydrogen) atoms. The van der Waals surface area contributed by atoms with Crippen LogP contribution in [0.3, 0.4) is 0 Å². The third-order valence-electron chi connectivity index (χ3n) is 2.01. The highest BCUT2D eigenvalue weighted by molar-refractivity contribution is 5.51. The van der Waals surface area contributed by atoms with Gasteiger partial charge in [0.15, 0.2) is 5.75 Å². The molecule has 1 unspecified atom stereocenters. The summed E-state index contributed by atoms with van der Waals surface area (Å²) in [4.78, 5) is 10.2. The quantitative estimate of drug-likeness (QED) is 0.575. The van der Waals surface area contributed by atoms with Crippen molar-refractivity contribution in [2.45, 2.75) is 13.0 Å². The van der Waals surface area contributed by atoms with Crippen LogP contribution in [0.2, 0.25) is 0 Å². The average molecular weight is 236 g/mol. The third kappa shape index (κ3) is 3.43. The average Bonchev–Trinajstić information content (AvgIpc) is 2.29. The number of nitro groups is 1. The van der Waals surface area contributed by atoms with Crippen LogP contribution >= 0.6 is 0 Å². The molecule has 0 aliphatic carbocycles. The Morgan fingerprint density at radius 3 is 2.82 bits per heavy atom. The minimum Gasteiger partial charge on any atom is -0.481 e. The van der Waals surface area contributed by atoms with Crippen LogP contribution in [0.15, 0.2) is 18.2 Å². The van der Waals surface area contributed by atoms with Crippen molar-refractivity contribution < 1.29 is 14.4 Å². The smallest absolute Gasteiger partial charge is 0.312 e. The Hall–Kier alpha value is -2.13. The summed E-state index contributed by atoms with van der Waals surface area (Å²) in [6, 6.07) is 5.93. The Bertz CT molecular complexity index is 453. The summed E-state index contributed by atoms with van der Waals surface area (Å²) >= 11 is 0. The van der Waals surface area contributed by atoms with E-state index in [-0.39, 0.29) is 23.1 Å². The summed E-state index contributed by atoms with van der Waals surface area (Å²) in [6.45, 7) is 2.07. The summed E-state index contributed by atoms with van der Waals surface area (Å²) in [7, 11) is 1.52. The molecule has 0 heterocycles. The van der Waals surface area contributed by atoms with Crippen molar-refractivity contribution in [3.63, 3.8) is 0 Å². The molecule has 0 fully saturated rings. The van der Waals surface area contributed by atoms with Crippen LogP contribution in [0.5, 0.6) is 5.75 Å². The lowest BCUT2D eigenvalue weighted by molar-refractivity contribution is -0.386. The van der Waals surface area contributed by atoms with E-state index in [0.29, 0.717) is 6.61 Å². The summed E-state index contributed by atoms with van der Waals surface area (Å²) < 4.78 is 10.2. The molecule has 1 rings (SSSR count). The fourth-order valence-electron chi connectivity index (χ4n) is 1.31. The molecule has 0 aromatic heterocycles. The molecule has 0 spiro atoms. The molecule has 0 saturated carbocycles. The van der Waals surface area contributed by atoms with Gasteiger partial charge in [-0.3, -0.25) is 10.1 Å². The van der Waals surface area contributed by atoms with E-state index in [4.69, 9.17) is 14.7 Å². The van der Waals surface area contributed by atoms with E-state index >= 15 is 0 Å². The van der Waals surface area contributed by atoms with Gasteiger partial charge in [0.25, 0.3) is 0 Å². The number of rotatable bonds is 5. The molecule has 0 bridgehead atoms. The Morgan fingerprint density at radius 2 is 2.29 bits per heavy atom. The molecule has 0 aliphatic rings. The fraction of sp³-hybridized carbons (Fsp3) is 0.364. The first-order valence-electron chi connectivity index (χ1n) is 4.92. The topological polar surface area (TPSA) is 85.4 Å². The second-order valence-electron chi connectivity index (χ2n) is 3.44. The minimum atomic E-state index is -0.574. The van der Waals surface area contributed by atoms with Gasteiger partial charge in [0.2, 0.25) is 0 Å². The summed E-state index contributed by atoms with van der Waals surface area (Å²) in [5.74, 6) is 0.138. The second-order valence-corrected chi connectivity index (χ2v) is 3.44. The molecule has 6 nitrogen and oxygen atoms in total. The maximum atomic E-state index is 10.8. The van der Waals surface area contributed by atoms with Crippen molar-refractivity contribution in [2.24, 2.45) is 0 Å². The van der Waals surface area contributed by atoms with Crippen molar-refractivity contribution in [1.29, 1.82) is 5.26 Å². The van der Waals surface area contributed by atoms with Crippen LogP contribution in [-0.4, -0.2) is 24.7 Å². The van der Waals surface area contributed by atoms with Gasteiger partial charge in [-0.2, -0.15) is 5.26 Å². The predicted octanol–water partition coefficient (Wildman–Crippen LogP) is 1.88. The van der Waals surface area contributed by atoms with Gasteiger partial charge < -0.3 is 9.47 Å². The van der Waals surface area contributed by atoms with Gasteiger partial charge in [-0.05, 0) is 19.1 Å². The van der Waals surface area contributed by atoms with Crippen LogP contribution in [0, 0.1) is 21.4 Å². The molecule has 1 aromatic carbocycles. The number of hydrogen-bond acceptors (Lipinski definition) is 5.